The van der Waals surface area contributed by atoms with Gasteiger partial charge in [-0.05, 0) is 6.07 Å². The number of aliphatic hydroxyl groups excluding tert-OH is 1. The van der Waals surface area contributed by atoms with Crippen molar-refractivity contribution in [2.45, 2.75) is 6.10 Å². The van der Waals surface area contributed by atoms with Crippen molar-refractivity contribution >= 4 is 5.88 Å². The van der Waals surface area contributed by atoms with Crippen LogP contribution in [0, 0.1) is 0 Å². The fraction of sp³-hybridized carbons (Fsp3) is 0.600. The molecule has 1 aliphatic heterocycles. The van der Waals surface area contributed by atoms with E-state index in [0.29, 0.717) is 5.76 Å². The lowest BCUT2D eigenvalue weighted by atomic mass is 10.3. The van der Waals surface area contributed by atoms with Gasteiger partial charge in [0.25, 0.3) is 0 Å². The molecule has 1 saturated heterocycles. The number of rotatable bonds is 3. The Morgan fingerprint density at radius 1 is 1.40 bits per heavy atom. The molecule has 84 valence electrons. The molecule has 5 nitrogen and oxygen atoms in total. The van der Waals surface area contributed by atoms with E-state index >= 15 is 0 Å². The predicted octanol–water partition coefficient (Wildman–Crippen LogP) is 0.108. The number of hydrogen-bond donors (Lipinski definition) is 2. The SMILES string of the molecule is NC[C@@H](O)c1ccc(N2CCOCC2)o1. The quantitative estimate of drug-likeness (QED) is 0.744. The Bertz CT molecular complexity index is 307. The molecule has 1 aromatic rings. The summed E-state index contributed by atoms with van der Waals surface area (Å²) in [6.45, 7) is 3.26. The van der Waals surface area contributed by atoms with Crippen LogP contribution in [-0.4, -0.2) is 38.0 Å². The minimum atomic E-state index is -0.709. The lowest BCUT2D eigenvalue weighted by molar-refractivity contribution is 0.119. The van der Waals surface area contributed by atoms with Crippen molar-refractivity contribution in [2.24, 2.45) is 5.73 Å². The molecule has 0 aromatic carbocycles. The largest absolute Gasteiger partial charge is 0.443 e. The molecule has 2 heterocycles. The van der Waals surface area contributed by atoms with E-state index in [-0.39, 0.29) is 6.54 Å². The molecule has 0 saturated carbocycles. The van der Waals surface area contributed by atoms with E-state index in [0.717, 1.165) is 32.2 Å². The molecule has 1 aromatic heterocycles. The standard InChI is InChI=1S/C10H16N2O3/c11-7-8(13)9-1-2-10(15-9)12-3-5-14-6-4-12/h1-2,8,13H,3-7,11H2/t8-/m1/s1. The van der Waals surface area contributed by atoms with Crippen LogP contribution in [0.3, 0.4) is 0 Å². The summed E-state index contributed by atoms with van der Waals surface area (Å²) >= 11 is 0. The second kappa shape index (κ2) is 4.65. The van der Waals surface area contributed by atoms with Crippen LogP contribution in [0.15, 0.2) is 16.5 Å². The van der Waals surface area contributed by atoms with Gasteiger partial charge in [0.1, 0.15) is 11.9 Å². The summed E-state index contributed by atoms with van der Waals surface area (Å²) in [5, 5.41) is 9.48. The molecule has 0 amide bonds. The van der Waals surface area contributed by atoms with E-state index in [1.165, 1.54) is 0 Å². The van der Waals surface area contributed by atoms with E-state index in [9.17, 15) is 5.11 Å². The second-order valence-electron chi connectivity index (χ2n) is 3.53. The van der Waals surface area contributed by atoms with Gasteiger partial charge in [0.05, 0.1) is 13.2 Å². The summed E-state index contributed by atoms with van der Waals surface area (Å²) in [4.78, 5) is 2.09. The van der Waals surface area contributed by atoms with Gasteiger partial charge in [0.2, 0.25) is 0 Å². The molecule has 0 spiro atoms. The summed E-state index contributed by atoms with van der Waals surface area (Å²) in [5.41, 5.74) is 5.35. The average Bonchev–Trinajstić information content (AvgIpc) is 2.78. The topological polar surface area (TPSA) is 71.9 Å². The fourth-order valence-corrected chi connectivity index (χ4v) is 1.59. The minimum absolute atomic E-state index is 0.177. The number of nitrogens with zero attached hydrogens (tertiary/aromatic N) is 1. The first kappa shape index (κ1) is 10.5. The normalized spacial score (nSPS) is 19.2. The number of ether oxygens (including phenoxy) is 1. The third kappa shape index (κ3) is 2.31. The Morgan fingerprint density at radius 3 is 2.80 bits per heavy atom. The molecular formula is C10H16N2O3. The van der Waals surface area contributed by atoms with Crippen LogP contribution in [0.4, 0.5) is 5.88 Å². The number of hydrogen-bond acceptors (Lipinski definition) is 5. The van der Waals surface area contributed by atoms with E-state index < -0.39 is 6.10 Å². The van der Waals surface area contributed by atoms with Gasteiger partial charge in [-0.1, -0.05) is 0 Å². The van der Waals surface area contributed by atoms with Crippen LogP contribution in [0.1, 0.15) is 11.9 Å². The zero-order valence-corrected chi connectivity index (χ0v) is 8.56. The molecule has 1 fully saturated rings. The second-order valence-corrected chi connectivity index (χ2v) is 3.53. The van der Waals surface area contributed by atoms with Crippen molar-refractivity contribution in [1.82, 2.24) is 0 Å². The molecule has 0 bridgehead atoms. The van der Waals surface area contributed by atoms with Gasteiger partial charge in [0, 0.05) is 25.7 Å². The van der Waals surface area contributed by atoms with Crippen LogP contribution < -0.4 is 10.6 Å². The summed E-state index contributed by atoms with van der Waals surface area (Å²) in [6, 6.07) is 3.63. The third-order valence-corrected chi connectivity index (χ3v) is 2.49. The molecule has 5 heteroatoms. The fourth-order valence-electron chi connectivity index (χ4n) is 1.59. The van der Waals surface area contributed by atoms with Crippen molar-refractivity contribution in [3.8, 4) is 0 Å². The van der Waals surface area contributed by atoms with Crippen LogP contribution in [0.5, 0.6) is 0 Å². The molecule has 3 N–H and O–H groups in total. The summed E-state index contributed by atoms with van der Waals surface area (Å²) < 4.78 is 10.8. The first-order valence-electron chi connectivity index (χ1n) is 5.12. The van der Waals surface area contributed by atoms with Gasteiger partial charge >= 0.3 is 0 Å². The highest BCUT2D eigenvalue weighted by Gasteiger charge is 2.16. The van der Waals surface area contributed by atoms with Crippen molar-refractivity contribution in [2.75, 3.05) is 37.7 Å². The van der Waals surface area contributed by atoms with Crippen LogP contribution in [-0.2, 0) is 4.74 Å². The van der Waals surface area contributed by atoms with Gasteiger partial charge in [-0.15, -0.1) is 0 Å². The summed E-state index contributed by atoms with van der Waals surface area (Å²) in [5.74, 6) is 1.31. The molecule has 1 atom stereocenters. The highest BCUT2D eigenvalue weighted by atomic mass is 16.5. The minimum Gasteiger partial charge on any atom is -0.443 e. The van der Waals surface area contributed by atoms with E-state index in [1.807, 2.05) is 6.07 Å². The smallest absolute Gasteiger partial charge is 0.195 e. The lowest BCUT2D eigenvalue weighted by Gasteiger charge is -2.26. The van der Waals surface area contributed by atoms with Gasteiger partial charge in [-0.25, -0.2) is 0 Å². The number of anilines is 1. The Balaban J connectivity index is 2.05. The van der Waals surface area contributed by atoms with Gasteiger partial charge in [0.15, 0.2) is 5.88 Å². The Kier molecular flexibility index (Phi) is 3.25. The third-order valence-electron chi connectivity index (χ3n) is 2.49. The number of furan rings is 1. The first-order chi connectivity index (χ1) is 7.31. The summed E-state index contributed by atoms with van der Waals surface area (Å²) in [7, 11) is 0. The van der Waals surface area contributed by atoms with Crippen molar-refractivity contribution in [1.29, 1.82) is 0 Å². The van der Waals surface area contributed by atoms with Crippen LogP contribution >= 0.6 is 0 Å². The highest BCUT2D eigenvalue weighted by molar-refractivity contribution is 5.37. The maximum Gasteiger partial charge on any atom is 0.195 e. The van der Waals surface area contributed by atoms with E-state index in [2.05, 4.69) is 4.90 Å². The van der Waals surface area contributed by atoms with Crippen molar-refractivity contribution in [3.05, 3.63) is 17.9 Å². The Hall–Kier alpha value is -1.04. The molecule has 2 rings (SSSR count). The zero-order chi connectivity index (χ0) is 10.7. The summed E-state index contributed by atoms with van der Waals surface area (Å²) in [6.07, 6.45) is -0.709. The molecular weight excluding hydrogens is 196 g/mol. The van der Waals surface area contributed by atoms with Gasteiger partial charge in [-0.2, -0.15) is 0 Å². The number of aliphatic hydroxyl groups is 1. The monoisotopic (exact) mass is 212 g/mol. The molecule has 0 radical (unpaired) electrons. The highest BCUT2D eigenvalue weighted by Crippen LogP contribution is 2.23. The van der Waals surface area contributed by atoms with E-state index in [1.54, 1.807) is 6.07 Å². The maximum absolute atomic E-state index is 9.48. The number of nitrogens with two attached hydrogens (primary N) is 1. The maximum atomic E-state index is 9.48. The molecule has 15 heavy (non-hydrogen) atoms. The van der Waals surface area contributed by atoms with Crippen molar-refractivity contribution in [3.63, 3.8) is 0 Å². The van der Waals surface area contributed by atoms with E-state index in [4.69, 9.17) is 14.9 Å². The Morgan fingerprint density at radius 2 is 2.13 bits per heavy atom. The lowest BCUT2D eigenvalue weighted by Crippen LogP contribution is -2.35. The van der Waals surface area contributed by atoms with Crippen molar-refractivity contribution < 1.29 is 14.3 Å². The zero-order valence-electron chi connectivity index (χ0n) is 8.56. The Labute approximate surface area is 88.4 Å². The molecule has 1 aliphatic rings. The van der Waals surface area contributed by atoms with Crippen LogP contribution in [0.2, 0.25) is 0 Å². The van der Waals surface area contributed by atoms with Crippen LogP contribution in [0.25, 0.3) is 0 Å². The van der Waals surface area contributed by atoms with Gasteiger partial charge < -0.3 is 24.9 Å². The average molecular weight is 212 g/mol. The van der Waals surface area contributed by atoms with Gasteiger partial charge in [-0.3, -0.25) is 0 Å². The molecule has 0 aliphatic carbocycles. The predicted molar refractivity (Wildman–Crippen MR) is 55.8 cm³/mol. The number of morpholine rings is 1. The molecule has 0 unspecified atom stereocenters. The first-order valence-corrected chi connectivity index (χ1v) is 5.12.